The van der Waals surface area contributed by atoms with Crippen LogP contribution in [0.1, 0.15) is 17.4 Å². The summed E-state index contributed by atoms with van der Waals surface area (Å²) in [5, 5.41) is 6.66. The fourth-order valence-electron chi connectivity index (χ4n) is 1.56. The first kappa shape index (κ1) is 12.9. The van der Waals surface area contributed by atoms with Crippen LogP contribution in [0.3, 0.4) is 0 Å². The predicted molar refractivity (Wildman–Crippen MR) is 71.0 cm³/mol. The summed E-state index contributed by atoms with van der Waals surface area (Å²) in [6, 6.07) is 3.38. The second-order valence-corrected chi connectivity index (χ2v) is 3.88. The van der Waals surface area contributed by atoms with Crippen molar-refractivity contribution in [1.82, 2.24) is 14.8 Å². The van der Waals surface area contributed by atoms with Gasteiger partial charge >= 0.3 is 0 Å². The second kappa shape index (κ2) is 5.38. The van der Waals surface area contributed by atoms with Gasteiger partial charge in [-0.25, -0.2) is 4.98 Å². The lowest BCUT2D eigenvalue weighted by Gasteiger charge is -2.05. The zero-order valence-corrected chi connectivity index (χ0v) is 10.8. The Kier molecular flexibility index (Phi) is 3.65. The highest BCUT2D eigenvalue weighted by molar-refractivity contribution is 6.06. The molecule has 19 heavy (non-hydrogen) atoms. The smallest absolute Gasteiger partial charge is 0.278 e. The summed E-state index contributed by atoms with van der Waals surface area (Å²) in [6.45, 7) is 2.42. The van der Waals surface area contributed by atoms with E-state index < -0.39 is 0 Å². The number of ether oxygens (including phenoxy) is 1. The van der Waals surface area contributed by atoms with E-state index in [0.717, 1.165) is 0 Å². The highest BCUT2D eigenvalue weighted by Crippen LogP contribution is 2.14. The van der Waals surface area contributed by atoms with Crippen molar-refractivity contribution in [3.63, 3.8) is 0 Å². The first-order valence-corrected chi connectivity index (χ1v) is 5.79. The van der Waals surface area contributed by atoms with Gasteiger partial charge in [0.05, 0.1) is 24.2 Å². The zero-order chi connectivity index (χ0) is 13.8. The van der Waals surface area contributed by atoms with Crippen LogP contribution in [-0.2, 0) is 7.05 Å². The quantitative estimate of drug-likeness (QED) is 0.857. The Hall–Kier alpha value is -2.57. The molecule has 1 amide bonds. The summed E-state index contributed by atoms with van der Waals surface area (Å²) in [4.78, 5) is 16.0. The predicted octanol–water partition coefficient (Wildman–Crippen LogP) is 1.05. The van der Waals surface area contributed by atoms with E-state index in [9.17, 15) is 4.79 Å². The molecule has 0 aliphatic carbocycles. The van der Waals surface area contributed by atoms with Crippen molar-refractivity contribution in [2.75, 3.05) is 17.7 Å². The lowest BCUT2D eigenvalue weighted by molar-refractivity contribution is 0.102. The molecule has 0 radical (unpaired) electrons. The molecule has 0 aromatic carbocycles. The Morgan fingerprint density at radius 2 is 2.32 bits per heavy atom. The molecule has 100 valence electrons. The molecule has 2 aromatic rings. The Labute approximate surface area is 110 Å². The van der Waals surface area contributed by atoms with Gasteiger partial charge in [-0.2, -0.15) is 5.10 Å². The molecule has 0 saturated heterocycles. The molecule has 0 bridgehead atoms. The number of aromatic nitrogens is 3. The zero-order valence-electron chi connectivity index (χ0n) is 10.8. The van der Waals surface area contributed by atoms with E-state index in [0.29, 0.717) is 23.9 Å². The van der Waals surface area contributed by atoms with Gasteiger partial charge in [-0.15, -0.1) is 0 Å². The molecule has 0 saturated carbocycles. The third kappa shape index (κ3) is 3.01. The van der Waals surface area contributed by atoms with E-state index in [1.807, 2.05) is 6.92 Å². The number of carbonyl (C=O) groups excluding carboxylic acids is 1. The Morgan fingerprint density at radius 1 is 1.53 bits per heavy atom. The minimum atomic E-state index is -0.371. The van der Waals surface area contributed by atoms with E-state index in [2.05, 4.69) is 15.4 Å². The summed E-state index contributed by atoms with van der Waals surface area (Å²) in [5.74, 6) is 0.141. The summed E-state index contributed by atoms with van der Waals surface area (Å²) in [6.07, 6.45) is 3.09. The number of pyridine rings is 1. The number of hydrogen-bond acceptors (Lipinski definition) is 5. The molecule has 0 spiro atoms. The molecule has 3 N–H and O–H groups in total. The number of nitrogen functional groups attached to an aromatic ring is 1. The minimum absolute atomic E-state index is 0.191. The number of rotatable bonds is 4. The fraction of sp³-hybridized carbons (Fsp3) is 0.250. The van der Waals surface area contributed by atoms with Gasteiger partial charge in [0.2, 0.25) is 5.88 Å². The lowest BCUT2D eigenvalue weighted by atomic mass is 10.3. The number of nitrogens with two attached hydrogens (primary N) is 1. The first-order valence-electron chi connectivity index (χ1n) is 5.79. The fourth-order valence-corrected chi connectivity index (χ4v) is 1.56. The van der Waals surface area contributed by atoms with Gasteiger partial charge in [0.15, 0.2) is 5.69 Å². The Morgan fingerprint density at radius 3 is 2.84 bits per heavy atom. The van der Waals surface area contributed by atoms with Crippen LogP contribution in [0.2, 0.25) is 0 Å². The monoisotopic (exact) mass is 261 g/mol. The number of aryl methyl sites for hydroxylation is 1. The maximum Gasteiger partial charge on any atom is 0.278 e. The maximum atomic E-state index is 11.9. The maximum absolute atomic E-state index is 11.9. The molecule has 2 aromatic heterocycles. The van der Waals surface area contributed by atoms with E-state index in [-0.39, 0.29) is 11.6 Å². The largest absolute Gasteiger partial charge is 0.478 e. The van der Waals surface area contributed by atoms with Gasteiger partial charge in [0, 0.05) is 19.3 Å². The average molecular weight is 261 g/mol. The van der Waals surface area contributed by atoms with E-state index in [1.54, 1.807) is 25.4 Å². The highest BCUT2D eigenvalue weighted by Gasteiger charge is 2.14. The van der Waals surface area contributed by atoms with Crippen LogP contribution in [0.5, 0.6) is 5.88 Å². The van der Waals surface area contributed by atoms with Gasteiger partial charge in [0.1, 0.15) is 0 Å². The van der Waals surface area contributed by atoms with Crippen molar-refractivity contribution in [3.8, 4) is 5.88 Å². The third-order valence-corrected chi connectivity index (χ3v) is 2.36. The van der Waals surface area contributed by atoms with Gasteiger partial charge in [-0.3, -0.25) is 9.48 Å². The standard InChI is InChI=1S/C12H15N5O2/c1-3-19-10-5-4-8(6-14-10)15-12(18)11-9(13)7-17(2)16-11/h4-7H,3,13H2,1-2H3,(H,15,18). The van der Waals surface area contributed by atoms with Crippen molar-refractivity contribution >= 4 is 17.3 Å². The molecular weight excluding hydrogens is 246 g/mol. The van der Waals surface area contributed by atoms with Crippen molar-refractivity contribution in [1.29, 1.82) is 0 Å². The molecule has 0 unspecified atom stereocenters. The SMILES string of the molecule is CCOc1ccc(NC(=O)c2nn(C)cc2N)cn1. The number of nitrogens with one attached hydrogen (secondary N) is 1. The lowest BCUT2D eigenvalue weighted by Crippen LogP contribution is -2.14. The van der Waals surface area contributed by atoms with Crippen LogP contribution in [0.15, 0.2) is 24.5 Å². The topological polar surface area (TPSA) is 95.1 Å². The summed E-state index contributed by atoms with van der Waals surface area (Å²) in [5.41, 5.74) is 6.76. The molecular formula is C12H15N5O2. The summed E-state index contributed by atoms with van der Waals surface area (Å²) in [7, 11) is 1.70. The molecule has 0 aliphatic rings. The van der Waals surface area contributed by atoms with E-state index in [1.165, 1.54) is 10.9 Å². The first-order chi connectivity index (χ1) is 9.10. The number of amides is 1. The van der Waals surface area contributed by atoms with E-state index >= 15 is 0 Å². The normalized spacial score (nSPS) is 10.2. The van der Waals surface area contributed by atoms with Crippen LogP contribution in [0.4, 0.5) is 11.4 Å². The number of anilines is 2. The van der Waals surface area contributed by atoms with Crippen LogP contribution >= 0.6 is 0 Å². The molecule has 7 heteroatoms. The number of carbonyl (C=O) groups is 1. The average Bonchev–Trinajstić information content (AvgIpc) is 2.71. The Balaban J connectivity index is 2.08. The third-order valence-electron chi connectivity index (χ3n) is 2.36. The van der Waals surface area contributed by atoms with Crippen molar-refractivity contribution in [2.45, 2.75) is 6.92 Å². The van der Waals surface area contributed by atoms with Crippen LogP contribution in [0, 0.1) is 0 Å². The number of hydrogen-bond donors (Lipinski definition) is 2. The second-order valence-electron chi connectivity index (χ2n) is 3.88. The van der Waals surface area contributed by atoms with Gasteiger partial charge in [-0.05, 0) is 13.0 Å². The van der Waals surface area contributed by atoms with Gasteiger partial charge in [0.25, 0.3) is 5.91 Å². The van der Waals surface area contributed by atoms with Crippen molar-refractivity contribution in [3.05, 3.63) is 30.2 Å². The molecule has 0 fully saturated rings. The molecule has 7 nitrogen and oxygen atoms in total. The summed E-state index contributed by atoms with van der Waals surface area (Å²) < 4.78 is 6.70. The molecule has 0 aliphatic heterocycles. The van der Waals surface area contributed by atoms with E-state index in [4.69, 9.17) is 10.5 Å². The van der Waals surface area contributed by atoms with Gasteiger partial charge in [-0.1, -0.05) is 0 Å². The van der Waals surface area contributed by atoms with Crippen LogP contribution in [-0.4, -0.2) is 27.3 Å². The van der Waals surface area contributed by atoms with Crippen LogP contribution < -0.4 is 15.8 Å². The Bertz CT molecular complexity index is 576. The molecule has 2 heterocycles. The number of nitrogens with zero attached hydrogens (tertiary/aromatic N) is 3. The molecule has 0 atom stereocenters. The summed E-state index contributed by atoms with van der Waals surface area (Å²) >= 11 is 0. The van der Waals surface area contributed by atoms with Crippen molar-refractivity contribution in [2.24, 2.45) is 7.05 Å². The van der Waals surface area contributed by atoms with Crippen LogP contribution in [0.25, 0.3) is 0 Å². The molecule has 2 rings (SSSR count). The highest BCUT2D eigenvalue weighted by atomic mass is 16.5. The minimum Gasteiger partial charge on any atom is -0.478 e. The van der Waals surface area contributed by atoms with Crippen molar-refractivity contribution < 1.29 is 9.53 Å². The van der Waals surface area contributed by atoms with Gasteiger partial charge < -0.3 is 15.8 Å².